The highest BCUT2D eigenvalue weighted by Gasteiger charge is 2.24. The molecule has 0 spiro atoms. The highest BCUT2D eigenvalue weighted by Crippen LogP contribution is 2.45. The van der Waals surface area contributed by atoms with Gasteiger partial charge in [-0.2, -0.15) is 0 Å². The van der Waals surface area contributed by atoms with Gasteiger partial charge in [0.05, 0.1) is 6.07 Å². The Hall–Kier alpha value is -8.09. The summed E-state index contributed by atoms with van der Waals surface area (Å²) in [6.45, 7) is 12.4. The Morgan fingerprint density at radius 2 is 0.955 bits per heavy atom. The van der Waals surface area contributed by atoms with Crippen molar-refractivity contribution >= 4 is 27.8 Å². The molecule has 2 heterocycles. The summed E-state index contributed by atoms with van der Waals surface area (Å²) in [6, 6.07) is 70.7. The molecule has 0 N–H and O–H groups in total. The Balaban J connectivity index is 0.997. The molecule has 2 aliphatic rings. The van der Waals surface area contributed by atoms with Crippen LogP contribution in [0, 0.1) is 0 Å². The third-order valence-electron chi connectivity index (χ3n) is 12.9. The number of fused-ring (bicyclic) bond motifs is 2. The minimum atomic E-state index is 0.458. The van der Waals surface area contributed by atoms with Crippen molar-refractivity contribution in [1.29, 1.82) is 0 Å². The van der Waals surface area contributed by atoms with Crippen LogP contribution in [-0.4, -0.2) is 36.4 Å². The van der Waals surface area contributed by atoms with E-state index in [2.05, 4.69) is 241 Å². The van der Waals surface area contributed by atoms with Crippen molar-refractivity contribution in [3.05, 3.63) is 228 Å². The molecule has 0 bridgehead atoms. The van der Waals surface area contributed by atoms with E-state index >= 15 is 0 Å². The van der Waals surface area contributed by atoms with Gasteiger partial charge in [0.15, 0.2) is 0 Å². The molecule has 0 saturated heterocycles. The van der Waals surface area contributed by atoms with E-state index in [0.29, 0.717) is 11.8 Å². The average molecular weight is 874 g/mol. The highest BCUT2D eigenvalue weighted by molar-refractivity contribution is 6.06. The second-order valence-electron chi connectivity index (χ2n) is 16.6. The summed E-state index contributed by atoms with van der Waals surface area (Å²) < 4.78 is 15.7. The minimum absolute atomic E-state index is 0.458. The van der Waals surface area contributed by atoms with Crippen LogP contribution in [0.4, 0.5) is 5.69 Å². The van der Waals surface area contributed by atoms with Crippen LogP contribution < -0.4 is 14.8 Å². The van der Waals surface area contributed by atoms with Gasteiger partial charge in [-0.05, 0) is 114 Å². The summed E-state index contributed by atoms with van der Waals surface area (Å²) in [5.74, 6) is 1.75. The molecule has 1 aliphatic heterocycles. The van der Waals surface area contributed by atoms with Gasteiger partial charge in [-0.3, -0.25) is 0 Å². The molecule has 0 atom stereocenters. The van der Waals surface area contributed by atoms with Gasteiger partial charge in [0.1, 0.15) is 24.4 Å². The molecule has 0 amide bonds. The zero-order valence-corrected chi connectivity index (χ0v) is 38.5. The Morgan fingerprint density at radius 1 is 0.448 bits per heavy atom. The smallest absolute Gasteiger partial charge is 0.248 e. The Kier molecular flexibility index (Phi) is 12.3. The van der Waals surface area contributed by atoms with Crippen molar-refractivity contribution in [2.45, 2.75) is 27.7 Å². The van der Waals surface area contributed by atoms with Gasteiger partial charge in [-0.25, -0.2) is 4.58 Å². The van der Waals surface area contributed by atoms with Gasteiger partial charge < -0.3 is 13.7 Å². The van der Waals surface area contributed by atoms with E-state index in [1.807, 2.05) is 6.07 Å². The maximum absolute atomic E-state index is 6.79. The van der Waals surface area contributed by atoms with Gasteiger partial charge >= 0.3 is 0 Å². The van der Waals surface area contributed by atoms with Crippen LogP contribution in [-0.2, 0) is 0 Å². The van der Waals surface area contributed by atoms with E-state index in [1.165, 1.54) is 27.8 Å². The third-order valence-corrected chi connectivity index (χ3v) is 12.9. The fraction of sp³-hybridized carbons (Fsp3) is 0.131. The summed E-state index contributed by atoms with van der Waals surface area (Å²) in [5, 5.41) is 11.4. The molecular weight excluding hydrogens is 821 g/mol. The van der Waals surface area contributed by atoms with Gasteiger partial charge in [0, 0.05) is 58.5 Å². The van der Waals surface area contributed by atoms with Crippen LogP contribution in [0.2, 0.25) is 0 Å². The van der Waals surface area contributed by atoms with Gasteiger partial charge in [0.25, 0.3) is 0 Å². The average Bonchev–Trinajstić information content (AvgIpc) is 3.89. The van der Waals surface area contributed by atoms with Crippen LogP contribution in [0.15, 0.2) is 209 Å². The van der Waals surface area contributed by atoms with E-state index in [9.17, 15) is 0 Å². The summed E-state index contributed by atoms with van der Waals surface area (Å²) in [7, 11) is 0. The summed E-state index contributed by atoms with van der Waals surface area (Å²) in [4.78, 5) is 2.34. The minimum Gasteiger partial charge on any atom is -0.456 e. The van der Waals surface area contributed by atoms with E-state index < -0.39 is 0 Å². The SMILES string of the molecule is CCN(CC)c1ccc2c(-c3ccccc3-c3nnc(-c4ccc(-c5ccc(C(=C(c6ccccc6)c6ccccc6)c6ccccc6)cc5)cc4)o3)c3ccc(=[N+](CC)CC)cc-3oc2c1. The molecule has 7 aromatic carbocycles. The number of benzene rings is 8. The van der Waals surface area contributed by atoms with Crippen LogP contribution in [0.25, 0.3) is 78.6 Å². The summed E-state index contributed by atoms with van der Waals surface area (Å²) >= 11 is 0. The van der Waals surface area contributed by atoms with E-state index in [4.69, 9.17) is 8.83 Å². The van der Waals surface area contributed by atoms with Gasteiger partial charge in [-0.1, -0.05) is 146 Å². The van der Waals surface area contributed by atoms with Crippen molar-refractivity contribution in [3.63, 3.8) is 0 Å². The van der Waals surface area contributed by atoms with Crippen LogP contribution in [0.3, 0.4) is 0 Å². The fourth-order valence-electron chi connectivity index (χ4n) is 9.42. The van der Waals surface area contributed by atoms with Crippen LogP contribution in [0.1, 0.15) is 49.9 Å². The molecule has 0 unspecified atom stereocenters. The molecule has 6 nitrogen and oxygen atoms in total. The molecular formula is C61H53N4O2+. The lowest BCUT2D eigenvalue weighted by atomic mass is 9.85. The number of nitrogens with zero attached hydrogens (tertiary/aromatic N) is 4. The number of anilines is 1. The zero-order chi connectivity index (χ0) is 45.7. The van der Waals surface area contributed by atoms with Crippen molar-refractivity contribution in [2.24, 2.45) is 0 Å². The van der Waals surface area contributed by atoms with Crippen molar-refractivity contribution in [3.8, 4) is 56.5 Å². The topological polar surface area (TPSA) is 58.3 Å². The van der Waals surface area contributed by atoms with Gasteiger partial charge in [-0.15, -0.1) is 10.2 Å². The van der Waals surface area contributed by atoms with E-state index in [0.717, 1.165) is 98.5 Å². The largest absolute Gasteiger partial charge is 0.456 e. The lowest BCUT2D eigenvalue weighted by Gasteiger charge is -2.22. The lowest BCUT2D eigenvalue weighted by molar-refractivity contribution is 0.584. The highest BCUT2D eigenvalue weighted by atomic mass is 16.4. The van der Waals surface area contributed by atoms with Gasteiger partial charge in [0.2, 0.25) is 17.1 Å². The number of hydrogen-bond acceptors (Lipinski definition) is 5. The molecule has 1 aromatic heterocycles. The first-order chi connectivity index (χ1) is 33.0. The van der Waals surface area contributed by atoms with Crippen LogP contribution in [0.5, 0.6) is 0 Å². The zero-order valence-electron chi connectivity index (χ0n) is 38.5. The third kappa shape index (κ3) is 8.50. The normalized spacial score (nSPS) is 11.2. The van der Waals surface area contributed by atoms with E-state index in [-0.39, 0.29) is 0 Å². The molecule has 1 aliphatic carbocycles. The Labute approximate surface area is 392 Å². The quantitative estimate of drug-likeness (QED) is 0.0656. The van der Waals surface area contributed by atoms with Crippen molar-refractivity contribution in [2.75, 3.05) is 31.1 Å². The molecule has 328 valence electrons. The Morgan fingerprint density at radius 3 is 1.52 bits per heavy atom. The van der Waals surface area contributed by atoms with E-state index in [1.54, 1.807) is 0 Å². The first-order valence-electron chi connectivity index (χ1n) is 23.4. The maximum Gasteiger partial charge on any atom is 0.248 e. The second-order valence-corrected chi connectivity index (χ2v) is 16.6. The van der Waals surface area contributed by atoms with Crippen molar-refractivity contribution < 1.29 is 8.83 Å². The first kappa shape index (κ1) is 42.8. The predicted molar refractivity (Wildman–Crippen MR) is 277 cm³/mol. The number of rotatable bonds is 13. The summed E-state index contributed by atoms with van der Waals surface area (Å²) in [5.41, 5.74) is 16.0. The second kappa shape index (κ2) is 19.2. The number of aromatic nitrogens is 2. The molecule has 10 rings (SSSR count). The lowest BCUT2D eigenvalue weighted by Crippen LogP contribution is -2.29. The van der Waals surface area contributed by atoms with Crippen LogP contribution >= 0.6 is 0 Å². The standard InChI is InChI=1S/C61H53N4O2/c1-5-64(6-2)49-36-38-53-55(40-49)66-56-41-50(65(7-3)8-4)37-39-54(56)59(53)51-26-18-19-27-52(51)61-63-62-60(67-61)48-34-30-43(31-35-48)42-28-32-47(33-29-42)58(46-24-16-11-17-25-46)57(44-20-12-9-13-21-44)45-22-14-10-15-23-45/h9-41H,5-8H2,1-4H3/q+1. The first-order valence-corrected chi connectivity index (χ1v) is 23.4. The maximum atomic E-state index is 6.79. The predicted octanol–water partition coefficient (Wildman–Crippen LogP) is 14.3. The molecule has 0 fully saturated rings. The molecule has 8 aromatic rings. The van der Waals surface area contributed by atoms with Crippen molar-refractivity contribution in [1.82, 2.24) is 14.8 Å². The number of hydrogen-bond donors (Lipinski definition) is 0. The molecule has 67 heavy (non-hydrogen) atoms. The Bertz CT molecular complexity index is 3320. The fourth-order valence-corrected chi connectivity index (χ4v) is 9.42. The molecule has 0 saturated carbocycles. The molecule has 6 heteroatoms. The molecule has 0 radical (unpaired) electrons. The summed E-state index contributed by atoms with van der Waals surface area (Å²) in [6.07, 6.45) is 0. The monoisotopic (exact) mass is 873 g/mol.